The van der Waals surface area contributed by atoms with Gasteiger partial charge in [0.1, 0.15) is 11.6 Å². The molecule has 8 heteroatoms. The van der Waals surface area contributed by atoms with Gasteiger partial charge in [0.15, 0.2) is 0 Å². The summed E-state index contributed by atoms with van der Waals surface area (Å²) in [5.41, 5.74) is 3.60. The van der Waals surface area contributed by atoms with E-state index in [4.69, 9.17) is 14.7 Å². The van der Waals surface area contributed by atoms with Gasteiger partial charge in [0, 0.05) is 30.1 Å². The molecule has 1 aromatic heterocycles. The van der Waals surface area contributed by atoms with E-state index in [1.54, 1.807) is 12.1 Å². The molecule has 2 aliphatic heterocycles. The second-order valence-corrected chi connectivity index (χ2v) is 12.5. The molecular formula is C32H41N5O3. The largest absolute Gasteiger partial charge is 0.508 e. The first-order chi connectivity index (χ1) is 19.2. The Labute approximate surface area is 237 Å². The van der Waals surface area contributed by atoms with Gasteiger partial charge in [-0.25, -0.2) is 0 Å². The van der Waals surface area contributed by atoms with Crippen molar-refractivity contribution in [3.05, 3.63) is 52.7 Å². The Morgan fingerprint density at radius 3 is 2.75 bits per heavy atom. The summed E-state index contributed by atoms with van der Waals surface area (Å²) < 4.78 is 6.31. The van der Waals surface area contributed by atoms with Crippen LogP contribution in [0.5, 0.6) is 11.8 Å². The van der Waals surface area contributed by atoms with Crippen molar-refractivity contribution in [3.8, 4) is 11.8 Å². The van der Waals surface area contributed by atoms with Crippen LogP contribution in [0, 0.1) is 12.3 Å². The number of hydrogen-bond donors (Lipinski definition) is 1. The highest BCUT2D eigenvalue weighted by atomic mass is 16.5. The fourth-order valence-corrected chi connectivity index (χ4v) is 6.60. The molecule has 6 rings (SSSR count). The maximum Gasteiger partial charge on any atom is 0.318 e. The second-order valence-electron chi connectivity index (χ2n) is 12.5. The lowest BCUT2D eigenvalue weighted by Crippen LogP contribution is -2.34. The first kappa shape index (κ1) is 26.8. The maximum atomic E-state index is 14.0. The number of benzene rings is 2. The molecule has 2 fully saturated rings. The molecule has 1 N–H and O–H groups in total. The Kier molecular flexibility index (Phi) is 7.07. The Bertz CT molecular complexity index is 1430. The first-order valence-corrected chi connectivity index (χ1v) is 14.7. The molecule has 3 aromatic rings. The van der Waals surface area contributed by atoms with Crippen molar-refractivity contribution in [2.75, 3.05) is 38.7 Å². The normalized spacial score (nSPS) is 20.1. The predicted octanol–water partition coefficient (Wildman–Crippen LogP) is 5.29. The number of phenolic OH excluding ortho intramolecular Hbond substituents is 1. The van der Waals surface area contributed by atoms with Crippen molar-refractivity contribution in [1.82, 2.24) is 19.8 Å². The van der Waals surface area contributed by atoms with Gasteiger partial charge in [0.05, 0.1) is 31.0 Å². The van der Waals surface area contributed by atoms with Crippen LogP contribution >= 0.6 is 0 Å². The number of rotatable bonds is 7. The highest BCUT2D eigenvalue weighted by Crippen LogP contribution is 2.46. The second kappa shape index (κ2) is 10.5. The van der Waals surface area contributed by atoms with Crippen LogP contribution < -0.4 is 9.64 Å². The van der Waals surface area contributed by atoms with E-state index in [2.05, 4.69) is 30.8 Å². The fraction of sp³-hybridized carbons (Fsp3) is 0.531. The summed E-state index contributed by atoms with van der Waals surface area (Å²) in [6.07, 6.45) is 7.01. The van der Waals surface area contributed by atoms with Crippen molar-refractivity contribution in [1.29, 1.82) is 0 Å². The highest BCUT2D eigenvalue weighted by molar-refractivity contribution is 6.09. The lowest BCUT2D eigenvalue weighted by Gasteiger charge is -2.30. The van der Waals surface area contributed by atoms with Crippen LogP contribution in [0.2, 0.25) is 0 Å². The molecule has 1 atom stereocenters. The lowest BCUT2D eigenvalue weighted by molar-refractivity contribution is 0.0752. The van der Waals surface area contributed by atoms with Crippen molar-refractivity contribution < 1.29 is 14.6 Å². The average molecular weight is 544 g/mol. The Hall–Kier alpha value is -3.39. The number of aromatic nitrogens is 2. The van der Waals surface area contributed by atoms with Gasteiger partial charge in [-0.3, -0.25) is 4.79 Å². The fourth-order valence-electron chi connectivity index (χ4n) is 6.60. The van der Waals surface area contributed by atoms with Crippen LogP contribution in [0.3, 0.4) is 0 Å². The zero-order valence-electron chi connectivity index (χ0n) is 24.2. The monoisotopic (exact) mass is 543 g/mol. The predicted molar refractivity (Wildman–Crippen MR) is 157 cm³/mol. The van der Waals surface area contributed by atoms with Gasteiger partial charge in [-0.05, 0) is 82.1 Å². The Balaban J connectivity index is 1.33. The molecule has 3 heterocycles. The van der Waals surface area contributed by atoms with E-state index < -0.39 is 0 Å². The SMILES string of the molecule is Cc1cccc2cc(O)cc(C(=O)N3Cc4nc(OCC5(CN(C)C)CC5)nc(N5CCCCCC5C)c4C3)c12. The highest BCUT2D eigenvalue weighted by Gasteiger charge is 2.44. The maximum absolute atomic E-state index is 14.0. The molecule has 0 spiro atoms. The molecule has 1 saturated carbocycles. The minimum absolute atomic E-state index is 0.0967. The molecule has 0 radical (unpaired) electrons. The molecule has 1 saturated heterocycles. The van der Waals surface area contributed by atoms with Gasteiger partial charge in [0.2, 0.25) is 0 Å². The third kappa shape index (κ3) is 5.21. The molecule has 8 nitrogen and oxygen atoms in total. The Morgan fingerprint density at radius 2 is 1.98 bits per heavy atom. The van der Waals surface area contributed by atoms with E-state index in [-0.39, 0.29) is 17.1 Å². The van der Waals surface area contributed by atoms with Gasteiger partial charge in [-0.2, -0.15) is 9.97 Å². The van der Waals surface area contributed by atoms with Crippen LogP contribution in [-0.2, 0) is 13.1 Å². The number of ether oxygens (including phenoxy) is 1. The van der Waals surface area contributed by atoms with E-state index >= 15 is 0 Å². The van der Waals surface area contributed by atoms with E-state index in [0.29, 0.717) is 37.3 Å². The van der Waals surface area contributed by atoms with Gasteiger partial charge in [0.25, 0.3) is 5.91 Å². The smallest absolute Gasteiger partial charge is 0.318 e. The molecule has 212 valence electrons. The number of nitrogens with zero attached hydrogens (tertiary/aromatic N) is 5. The molecule has 1 amide bonds. The number of phenols is 1. The van der Waals surface area contributed by atoms with E-state index in [9.17, 15) is 9.90 Å². The number of carbonyl (C=O) groups excluding carboxylic acids is 1. The molecular weight excluding hydrogens is 502 g/mol. The number of fused-ring (bicyclic) bond motifs is 2. The standard InChI is InChI=1S/C32H41N5O3/c1-21-9-8-11-23-15-24(38)16-25(28(21)23)30(39)36-17-26-27(18-36)33-31(40-20-32(12-13-32)19-35(3)4)34-29(26)37-14-7-5-6-10-22(37)2/h8-9,11,15-16,22,38H,5-7,10,12-14,17-20H2,1-4H3. The van der Waals surface area contributed by atoms with Crippen molar-refractivity contribution in [2.24, 2.45) is 5.41 Å². The molecule has 2 aromatic carbocycles. The van der Waals surface area contributed by atoms with Crippen molar-refractivity contribution in [2.45, 2.75) is 71.5 Å². The summed E-state index contributed by atoms with van der Waals surface area (Å²) in [5.74, 6) is 0.909. The minimum Gasteiger partial charge on any atom is -0.508 e. The molecule has 0 bridgehead atoms. The number of carbonyl (C=O) groups is 1. The number of aromatic hydroxyl groups is 1. The molecule has 3 aliphatic rings. The Morgan fingerprint density at radius 1 is 1.15 bits per heavy atom. The van der Waals surface area contributed by atoms with Gasteiger partial charge >= 0.3 is 6.01 Å². The quantitative estimate of drug-likeness (QED) is 0.434. The van der Waals surface area contributed by atoms with Crippen molar-refractivity contribution in [3.63, 3.8) is 0 Å². The number of aryl methyl sites for hydroxylation is 1. The minimum atomic E-state index is -0.103. The number of anilines is 1. The van der Waals surface area contributed by atoms with Crippen LogP contribution in [0.4, 0.5) is 5.82 Å². The van der Waals surface area contributed by atoms with Gasteiger partial charge in [-0.15, -0.1) is 0 Å². The van der Waals surface area contributed by atoms with Crippen LogP contribution in [0.1, 0.15) is 72.6 Å². The summed E-state index contributed by atoms with van der Waals surface area (Å²) >= 11 is 0. The summed E-state index contributed by atoms with van der Waals surface area (Å²) in [6.45, 7) is 7.67. The average Bonchev–Trinajstić information content (AvgIpc) is 3.59. The van der Waals surface area contributed by atoms with Crippen LogP contribution in [0.15, 0.2) is 30.3 Å². The first-order valence-electron chi connectivity index (χ1n) is 14.7. The molecule has 1 aliphatic carbocycles. The summed E-state index contributed by atoms with van der Waals surface area (Å²) in [6, 6.07) is 9.99. The molecule has 1 unspecified atom stereocenters. The number of amides is 1. The topological polar surface area (TPSA) is 82.0 Å². The van der Waals surface area contributed by atoms with Crippen LogP contribution in [-0.4, -0.2) is 70.6 Å². The van der Waals surface area contributed by atoms with Gasteiger partial charge < -0.3 is 24.5 Å². The van der Waals surface area contributed by atoms with E-state index in [1.165, 1.54) is 12.8 Å². The summed E-state index contributed by atoms with van der Waals surface area (Å²) in [5, 5.41) is 12.2. The summed E-state index contributed by atoms with van der Waals surface area (Å²) in [7, 11) is 4.21. The third-order valence-corrected chi connectivity index (χ3v) is 8.87. The number of hydrogen-bond acceptors (Lipinski definition) is 7. The molecule has 40 heavy (non-hydrogen) atoms. The lowest BCUT2D eigenvalue weighted by atomic mass is 9.98. The van der Waals surface area contributed by atoms with E-state index in [0.717, 1.165) is 72.2 Å². The summed E-state index contributed by atoms with van der Waals surface area (Å²) in [4.78, 5) is 30.4. The van der Waals surface area contributed by atoms with Crippen LogP contribution in [0.25, 0.3) is 10.8 Å². The van der Waals surface area contributed by atoms with Crippen molar-refractivity contribution >= 4 is 22.5 Å². The zero-order valence-corrected chi connectivity index (χ0v) is 24.2. The van der Waals surface area contributed by atoms with E-state index in [1.807, 2.05) is 30.0 Å². The zero-order chi connectivity index (χ0) is 28.0. The van der Waals surface area contributed by atoms with Gasteiger partial charge in [-0.1, -0.05) is 31.0 Å². The third-order valence-electron chi connectivity index (χ3n) is 8.87.